The second kappa shape index (κ2) is 6.94. The molecule has 0 fully saturated rings. The molecule has 0 saturated carbocycles. The van der Waals surface area contributed by atoms with Gasteiger partial charge in [0.25, 0.3) is 5.91 Å². The van der Waals surface area contributed by atoms with Gasteiger partial charge in [-0.25, -0.2) is 13.2 Å². The molecule has 2 N–H and O–H groups in total. The Bertz CT molecular complexity index is 988. The SMILES string of the molecule is CC(=O)c1ccc2c(c1NC(=O)c1ccc(F)c(F)c1F)C[C@@H](O)C(C)(C)O2. The van der Waals surface area contributed by atoms with Gasteiger partial charge in [0.2, 0.25) is 0 Å². The molecule has 148 valence electrons. The quantitative estimate of drug-likeness (QED) is 0.617. The first kappa shape index (κ1) is 19.9. The zero-order valence-corrected chi connectivity index (χ0v) is 15.4. The first-order valence-corrected chi connectivity index (χ1v) is 8.51. The van der Waals surface area contributed by atoms with Crippen molar-refractivity contribution in [2.75, 3.05) is 5.32 Å². The predicted molar refractivity (Wildman–Crippen MR) is 95.1 cm³/mol. The van der Waals surface area contributed by atoms with E-state index < -0.39 is 40.6 Å². The van der Waals surface area contributed by atoms with Gasteiger partial charge in [0.15, 0.2) is 23.2 Å². The summed E-state index contributed by atoms with van der Waals surface area (Å²) < 4.78 is 46.3. The number of nitrogens with one attached hydrogen (secondary N) is 1. The molecule has 0 unspecified atom stereocenters. The molecule has 1 aliphatic rings. The fourth-order valence-electron chi connectivity index (χ4n) is 3.04. The monoisotopic (exact) mass is 393 g/mol. The average molecular weight is 393 g/mol. The van der Waals surface area contributed by atoms with Gasteiger partial charge < -0.3 is 15.2 Å². The third kappa shape index (κ3) is 3.35. The van der Waals surface area contributed by atoms with Crippen LogP contribution in [-0.2, 0) is 6.42 Å². The van der Waals surface area contributed by atoms with Crippen molar-refractivity contribution < 1.29 is 32.6 Å². The Morgan fingerprint density at radius 1 is 1.11 bits per heavy atom. The van der Waals surface area contributed by atoms with Gasteiger partial charge in [-0.05, 0) is 45.0 Å². The van der Waals surface area contributed by atoms with Gasteiger partial charge in [-0.2, -0.15) is 0 Å². The summed E-state index contributed by atoms with van der Waals surface area (Å²) in [6.45, 7) is 4.66. The Balaban J connectivity index is 2.08. The number of rotatable bonds is 3. The minimum atomic E-state index is -1.77. The molecule has 8 heteroatoms. The van der Waals surface area contributed by atoms with Crippen molar-refractivity contribution in [3.8, 4) is 5.75 Å². The van der Waals surface area contributed by atoms with Gasteiger partial charge in [-0.3, -0.25) is 9.59 Å². The number of carbonyl (C=O) groups excluding carboxylic acids is 2. The van der Waals surface area contributed by atoms with Crippen LogP contribution in [0, 0.1) is 17.5 Å². The Labute approximate surface area is 159 Å². The zero-order chi connectivity index (χ0) is 20.8. The fraction of sp³-hybridized carbons (Fsp3) is 0.300. The van der Waals surface area contributed by atoms with Crippen molar-refractivity contribution in [1.29, 1.82) is 0 Å². The molecule has 2 aromatic carbocycles. The standard InChI is InChI=1S/C20H18F3NO4/c1-9(25)10-5-7-14-12(8-15(26)20(2,3)28-14)18(10)24-19(27)11-4-6-13(21)17(23)16(11)22/h4-7,15,26H,8H2,1-3H3,(H,24,27)/t15-/m1/s1. The van der Waals surface area contributed by atoms with Crippen molar-refractivity contribution >= 4 is 17.4 Å². The van der Waals surface area contributed by atoms with Crippen LogP contribution in [0.1, 0.15) is 47.1 Å². The largest absolute Gasteiger partial charge is 0.485 e. The number of anilines is 1. The predicted octanol–water partition coefficient (Wildman–Crippen LogP) is 3.63. The average Bonchev–Trinajstić information content (AvgIpc) is 2.60. The highest BCUT2D eigenvalue weighted by atomic mass is 19.2. The van der Waals surface area contributed by atoms with Gasteiger partial charge in [0.1, 0.15) is 11.4 Å². The number of ketones is 1. The summed E-state index contributed by atoms with van der Waals surface area (Å²) in [5, 5.41) is 12.7. The lowest BCUT2D eigenvalue weighted by atomic mass is 9.88. The van der Waals surface area contributed by atoms with Crippen LogP contribution in [0.2, 0.25) is 0 Å². The Morgan fingerprint density at radius 2 is 1.75 bits per heavy atom. The molecule has 0 spiro atoms. The summed E-state index contributed by atoms with van der Waals surface area (Å²) in [5.41, 5.74) is -1.10. The van der Waals surface area contributed by atoms with Crippen LogP contribution in [0.5, 0.6) is 5.75 Å². The molecule has 2 aromatic rings. The smallest absolute Gasteiger partial charge is 0.258 e. The zero-order valence-electron chi connectivity index (χ0n) is 15.4. The molecule has 1 aliphatic heterocycles. The fourth-order valence-corrected chi connectivity index (χ4v) is 3.04. The lowest BCUT2D eigenvalue weighted by Gasteiger charge is -2.38. The number of halogens is 3. The normalized spacial score (nSPS) is 17.5. The van der Waals surface area contributed by atoms with Crippen LogP contribution >= 0.6 is 0 Å². The van der Waals surface area contributed by atoms with E-state index in [2.05, 4.69) is 5.32 Å². The highest BCUT2D eigenvalue weighted by Gasteiger charge is 2.37. The van der Waals surface area contributed by atoms with Crippen LogP contribution in [-0.4, -0.2) is 28.5 Å². The van der Waals surface area contributed by atoms with Crippen molar-refractivity contribution in [3.05, 3.63) is 58.4 Å². The molecule has 0 saturated heterocycles. The molecular weight excluding hydrogens is 375 g/mol. The van der Waals surface area contributed by atoms with Crippen LogP contribution < -0.4 is 10.1 Å². The Kier molecular flexibility index (Phi) is 4.93. The summed E-state index contributed by atoms with van der Waals surface area (Å²) in [6.07, 6.45) is -0.864. The topological polar surface area (TPSA) is 75.6 Å². The highest BCUT2D eigenvalue weighted by molar-refractivity contribution is 6.10. The molecule has 1 heterocycles. The number of amides is 1. The van der Waals surface area contributed by atoms with E-state index in [1.807, 2.05) is 0 Å². The first-order valence-electron chi connectivity index (χ1n) is 8.51. The maximum absolute atomic E-state index is 14.0. The van der Waals surface area contributed by atoms with Crippen LogP contribution in [0.15, 0.2) is 24.3 Å². The summed E-state index contributed by atoms with van der Waals surface area (Å²) in [6, 6.07) is 4.43. The van der Waals surface area contributed by atoms with E-state index in [9.17, 15) is 27.9 Å². The van der Waals surface area contributed by atoms with Gasteiger partial charge in [0.05, 0.1) is 17.4 Å². The number of aliphatic hydroxyl groups excluding tert-OH is 1. The number of aliphatic hydroxyl groups is 1. The molecule has 1 atom stereocenters. The maximum Gasteiger partial charge on any atom is 0.258 e. The lowest BCUT2D eigenvalue weighted by Crippen LogP contribution is -2.46. The summed E-state index contributed by atoms with van der Waals surface area (Å²) >= 11 is 0. The van der Waals surface area contributed by atoms with Crippen LogP contribution in [0.3, 0.4) is 0 Å². The Morgan fingerprint density at radius 3 is 2.39 bits per heavy atom. The highest BCUT2D eigenvalue weighted by Crippen LogP contribution is 2.39. The maximum atomic E-state index is 14.0. The number of ether oxygens (including phenoxy) is 1. The van der Waals surface area contributed by atoms with E-state index in [0.717, 1.165) is 6.07 Å². The summed E-state index contributed by atoms with van der Waals surface area (Å²) in [7, 11) is 0. The molecule has 0 radical (unpaired) electrons. The molecular formula is C20H18F3NO4. The van der Waals surface area contributed by atoms with Crippen molar-refractivity contribution in [2.45, 2.75) is 38.9 Å². The van der Waals surface area contributed by atoms with Gasteiger partial charge in [-0.1, -0.05) is 0 Å². The molecule has 0 aromatic heterocycles. The second-order valence-electron chi connectivity index (χ2n) is 7.12. The van der Waals surface area contributed by atoms with Crippen LogP contribution in [0.25, 0.3) is 0 Å². The number of hydrogen-bond acceptors (Lipinski definition) is 4. The summed E-state index contributed by atoms with van der Waals surface area (Å²) in [5.74, 6) is -5.93. The number of benzene rings is 2. The minimum absolute atomic E-state index is 0.0358. The first-order chi connectivity index (χ1) is 13.0. The number of Topliss-reactive ketones (excluding diaryl/α,β-unsaturated/α-hetero) is 1. The molecule has 0 bridgehead atoms. The van der Waals surface area contributed by atoms with Gasteiger partial charge in [0, 0.05) is 17.5 Å². The van der Waals surface area contributed by atoms with E-state index in [1.165, 1.54) is 13.0 Å². The van der Waals surface area contributed by atoms with Crippen molar-refractivity contribution in [2.24, 2.45) is 0 Å². The Hall–Kier alpha value is -2.87. The molecule has 28 heavy (non-hydrogen) atoms. The number of fused-ring (bicyclic) bond motifs is 1. The van der Waals surface area contributed by atoms with E-state index in [0.29, 0.717) is 17.4 Å². The second-order valence-corrected chi connectivity index (χ2v) is 7.12. The van der Waals surface area contributed by atoms with E-state index >= 15 is 0 Å². The third-order valence-electron chi connectivity index (χ3n) is 4.74. The van der Waals surface area contributed by atoms with Crippen molar-refractivity contribution in [1.82, 2.24) is 0 Å². The van der Waals surface area contributed by atoms with E-state index in [4.69, 9.17) is 4.74 Å². The summed E-state index contributed by atoms with van der Waals surface area (Å²) in [4.78, 5) is 24.5. The minimum Gasteiger partial charge on any atom is -0.485 e. The van der Waals surface area contributed by atoms with Crippen LogP contribution in [0.4, 0.5) is 18.9 Å². The van der Waals surface area contributed by atoms with E-state index in [1.54, 1.807) is 19.9 Å². The lowest BCUT2D eigenvalue weighted by molar-refractivity contribution is -0.0409. The van der Waals surface area contributed by atoms with E-state index in [-0.39, 0.29) is 23.5 Å². The number of hydrogen-bond donors (Lipinski definition) is 2. The molecule has 3 rings (SSSR count). The van der Waals surface area contributed by atoms with Gasteiger partial charge in [-0.15, -0.1) is 0 Å². The van der Waals surface area contributed by atoms with Crippen molar-refractivity contribution in [3.63, 3.8) is 0 Å². The number of carbonyl (C=O) groups is 2. The third-order valence-corrected chi connectivity index (χ3v) is 4.74. The molecule has 0 aliphatic carbocycles. The molecule has 1 amide bonds. The molecule has 5 nitrogen and oxygen atoms in total. The van der Waals surface area contributed by atoms with Gasteiger partial charge >= 0.3 is 0 Å².